The molecule has 1 aliphatic carbocycles. The van der Waals surface area contributed by atoms with Crippen molar-refractivity contribution in [3.63, 3.8) is 0 Å². The third-order valence-electron chi connectivity index (χ3n) is 4.33. The SMILES string of the molecule is CCCOCc1ccccc1CNC(=O)[C@@H]1CC[C@H](C(=O)O)C1. The highest BCUT2D eigenvalue weighted by atomic mass is 16.5. The zero-order valence-electron chi connectivity index (χ0n) is 13.6. The Balaban J connectivity index is 1.86. The summed E-state index contributed by atoms with van der Waals surface area (Å²) in [4.78, 5) is 23.2. The fraction of sp³-hybridized carbons (Fsp3) is 0.556. The summed E-state index contributed by atoms with van der Waals surface area (Å²) in [5.41, 5.74) is 2.13. The Hall–Kier alpha value is -1.88. The lowest BCUT2D eigenvalue weighted by Crippen LogP contribution is -2.29. The van der Waals surface area contributed by atoms with Crippen molar-refractivity contribution in [3.8, 4) is 0 Å². The lowest BCUT2D eigenvalue weighted by molar-refractivity contribution is -0.141. The normalized spacial score (nSPS) is 20.4. The summed E-state index contributed by atoms with van der Waals surface area (Å²) >= 11 is 0. The molecule has 1 aromatic rings. The van der Waals surface area contributed by atoms with Crippen molar-refractivity contribution < 1.29 is 19.4 Å². The Kier molecular flexibility index (Phi) is 6.59. The number of amides is 1. The van der Waals surface area contributed by atoms with Gasteiger partial charge in [0.2, 0.25) is 5.91 Å². The molecule has 0 aliphatic heterocycles. The Morgan fingerprint density at radius 3 is 2.57 bits per heavy atom. The first-order valence-electron chi connectivity index (χ1n) is 8.26. The molecule has 5 heteroatoms. The number of aliphatic carboxylic acids is 1. The second-order valence-corrected chi connectivity index (χ2v) is 6.08. The van der Waals surface area contributed by atoms with Crippen molar-refractivity contribution in [1.29, 1.82) is 0 Å². The highest BCUT2D eigenvalue weighted by Crippen LogP contribution is 2.31. The van der Waals surface area contributed by atoms with Crippen LogP contribution in [0.25, 0.3) is 0 Å². The van der Waals surface area contributed by atoms with E-state index in [4.69, 9.17) is 9.84 Å². The average Bonchev–Trinajstić information content (AvgIpc) is 3.04. The van der Waals surface area contributed by atoms with Crippen molar-refractivity contribution in [2.75, 3.05) is 6.61 Å². The van der Waals surface area contributed by atoms with Gasteiger partial charge < -0.3 is 15.2 Å². The van der Waals surface area contributed by atoms with Gasteiger partial charge in [0.05, 0.1) is 12.5 Å². The van der Waals surface area contributed by atoms with Crippen molar-refractivity contribution in [1.82, 2.24) is 5.32 Å². The van der Waals surface area contributed by atoms with E-state index in [9.17, 15) is 9.59 Å². The lowest BCUT2D eigenvalue weighted by Gasteiger charge is -2.13. The predicted octanol–water partition coefficient (Wildman–Crippen LogP) is 2.73. The predicted molar refractivity (Wildman–Crippen MR) is 86.7 cm³/mol. The topological polar surface area (TPSA) is 75.6 Å². The van der Waals surface area contributed by atoms with Gasteiger partial charge in [0.15, 0.2) is 0 Å². The molecule has 0 aromatic heterocycles. The summed E-state index contributed by atoms with van der Waals surface area (Å²) < 4.78 is 5.58. The number of carboxylic acid groups (broad SMARTS) is 1. The largest absolute Gasteiger partial charge is 0.481 e. The molecule has 0 spiro atoms. The first-order chi connectivity index (χ1) is 11.1. The molecular weight excluding hydrogens is 294 g/mol. The smallest absolute Gasteiger partial charge is 0.306 e. The van der Waals surface area contributed by atoms with Gasteiger partial charge in [0.25, 0.3) is 0 Å². The van der Waals surface area contributed by atoms with Gasteiger partial charge in [0.1, 0.15) is 0 Å². The van der Waals surface area contributed by atoms with Crippen LogP contribution in [-0.2, 0) is 27.5 Å². The summed E-state index contributed by atoms with van der Waals surface area (Å²) in [5.74, 6) is -1.39. The third kappa shape index (κ3) is 5.06. The van der Waals surface area contributed by atoms with Crippen molar-refractivity contribution in [3.05, 3.63) is 35.4 Å². The summed E-state index contributed by atoms with van der Waals surface area (Å²) in [6.07, 6.45) is 2.67. The number of hydrogen-bond donors (Lipinski definition) is 2. The van der Waals surface area contributed by atoms with Crippen LogP contribution in [0.5, 0.6) is 0 Å². The minimum atomic E-state index is -0.793. The van der Waals surface area contributed by atoms with E-state index in [2.05, 4.69) is 12.2 Å². The van der Waals surface area contributed by atoms with Crippen LogP contribution < -0.4 is 5.32 Å². The van der Waals surface area contributed by atoms with E-state index in [1.165, 1.54) is 0 Å². The molecule has 0 saturated heterocycles. The molecular formula is C18H25NO4. The van der Waals surface area contributed by atoms with Crippen molar-refractivity contribution >= 4 is 11.9 Å². The number of carbonyl (C=O) groups is 2. The van der Waals surface area contributed by atoms with Crippen molar-refractivity contribution in [2.24, 2.45) is 11.8 Å². The van der Waals surface area contributed by atoms with E-state index in [1.807, 2.05) is 24.3 Å². The number of nitrogens with one attached hydrogen (secondary N) is 1. The first kappa shape index (κ1) is 17.5. The van der Waals surface area contributed by atoms with Gasteiger partial charge >= 0.3 is 5.97 Å². The monoisotopic (exact) mass is 319 g/mol. The summed E-state index contributed by atoms with van der Waals surface area (Å²) in [5, 5.41) is 12.0. The minimum Gasteiger partial charge on any atom is -0.481 e. The number of carboxylic acids is 1. The molecule has 0 bridgehead atoms. The quantitative estimate of drug-likeness (QED) is 0.722. The van der Waals surface area contributed by atoms with Crippen LogP contribution >= 0.6 is 0 Å². The minimum absolute atomic E-state index is 0.0435. The number of hydrogen-bond acceptors (Lipinski definition) is 3. The molecule has 2 rings (SSSR count). The molecule has 0 heterocycles. The van der Waals surface area contributed by atoms with Gasteiger partial charge in [-0.1, -0.05) is 31.2 Å². The number of ether oxygens (including phenoxy) is 1. The first-order valence-corrected chi connectivity index (χ1v) is 8.26. The second-order valence-electron chi connectivity index (χ2n) is 6.08. The molecule has 2 N–H and O–H groups in total. The molecule has 23 heavy (non-hydrogen) atoms. The Bertz CT molecular complexity index is 544. The van der Waals surface area contributed by atoms with Crippen LogP contribution in [0.2, 0.25) is 0 Å². The highest BCUT2D eigenvalue weighted by molar-refractivity contribution is 5.80. The molecule has 1 amide bonds. The summed E-state index contributed by atoms with van der Waals surface area (Å²) in [7, 11) is 0. The van der Waals surface area contributed by atoms with Gasteiger partial charge in [-0.05, 0) is 36.8 Å². The maximum Gasteiger partial charge on any atom is 0.306 e. The van der Waals surface area contributed by atoms with E-state index in [0.717, 1.165) is 24.2 Å². The maximum absolute atomic E-state index is 12.2. The molecule has 1 aliphatic rings. The van der Waals surface area contributed by atoms with Crippen molar-refractivity contribution in [2.45, 2.75) is 45.8 Å². The van der Waals surface area contributed by atoms with E-state index in [-0.39, 0.29) is 17.7 Å². The fourth-order valence-corrected chi connectivity index (χ4v) is 2.97. The van der Waals surface area contributed by atoms with Gasteiger partial charge in [0, 0.05) is 19.1 Å². The van der Waals surface area contributed by atoms with Gasteiger partial charge in [-0.3, -0.25) is 9.59 Å². The summed E-state index contributed by atoms with van der Waals surface area (Å²) in [6.45, 7) is 3.79. The fourth-order valence-electron chi connectivity index (χ4n) is 2.97. The maximum atomic E-state index is 12.2. The third-order valence-corrected chi connectivity index (χ3v) is 4.33. The number of benzene rings is 1. The Labute approximate surface area is 137 Å². The van der Waals surface area contributed by atoms with E-state index >= 15 is 0 Å². The van der Waals surface area contributed by atoms with Crippen LogP contribution in [0, 0.1) is 11.8 Å². The standard InChI is InChI=1S/C18H25NO4/c1-2-9-23-12-16-6-4-3-5-15(16)11-19-17(20)13-7-8-14(10-13)18(21)22/h3-6,13-14H,2,7-12H2,1H3,(H,19,20)(H,21,22)/t13-,14+/m1/s1. The summed E-state index contributed by atoms with van der Waals surface area (Å²) in [6, 6.07) is 7.90. The number of carbonyl (C=O) groups excluding carboxylic acids is 1. The second kappa shape index (κ2) is 8.67. The van der Waals surface area contributed by atoms with Gasteiger partial charge in [-0.25, -0.2) is 0 Å². The zero-order chi connectivity index (χ0) is 16.7. The molecule has 0 unspecified atom stereocenters. The highest BCUT2D eigenvalue weighted by Gasteiger charge is 2.33. The Morgan fingerprint density at radius 2 is 1.91 bits per heavy atom. The van der Waals surface area contributed by atoms with E-state index in [0.29, 0.717) is 32.4 Å². The lowest BCUT2D eigenvalue weighted by atomic mass is 10.0. The molecule has 5 nitrogen and oxygen atoms in total. The Morgan fingerprint density at radius 1 is 1.22 bits per heavy atom. The molecule has 1 fully saturated rings. The molecule has 0 radical (unpaired) electrons. The van der Waals surface area contributed by atoms with Crippen LogP contribution in [0.3, 0.4) is 0 Å². The molecule has 2 atom stereocenters. The molecule has 1 aromatic carbocycles. The van der Waals surface area contributed by atoms with Crippen LogP contribution in [0.1, 0.15) is 43.7 Å². The van der Waals surface area contributed by atoms with Crippen LogP contribution in [0.4, 0.5) is 0 Å². The van der Waals surface area contributed by atoms with E-state index < -0.39 is 5.97 Å². The zero-order valence-corrected chi connectivity index (χ0v) is 13.6. The van der Waals surface area contributed by atoms with Crippen LogP contribution in [0.15, 0.2) is 24.3 Å². The van der Waals surface area contributed by atoms with E-state index in [1.54, 1.807) is 0 Å². The van der Waals surface area contributed by atoms with Gasteiger partial charge in [-0.2, -0.15) is 0 Å². The average molecular weight is 319 g/mol. The molecule has 126 valence electrons. The van der Waals surface area contributed by atoms with Crippen LogP contribution in [-0.4, -0.2) is 23.6 Å². The molecule has 1 saturated carbocycles. The van der Waals surface area contributed by atoms with Gasteiger partial charge in [-0.15, -0.1) is 0 Å². The number of rotatable bonds is 8.